The molecule has 0 fully saturated rings. The van der Waals surface area contributed by atoms with Crippen LogP contribution in [0.2, 0.25) is 0 Å². The van der Waals surface area contributed by atoms with E-state index in [9.17, 15) is 9.59 Å². The molecule has 0 aliphatic rings. The Morgan fingerprint density at radius 3 is 2.48 bits per heavy atom. The Morgan fingerprint density at radius 2 is 1.74 bits per heavy atom. The van der Waals surface area contributed by atoms with Crippen molar-refractivity contribution < 1.29 is 9.59 Å². The molecule has 2 aromatic carbocycles. The van der Waals surface area contributed by atoms with E-state index in [1.807, 2.05) is 71.9 Å². The molecule has 0 radical (unpaired) electrons. The highest BCUT2D eigenvalue weighted by atomic mass is 32.1. The third-order valence-electron chi connectivity index (χ3n) is 4.10. The van der Waals surface area contributed by atoms with Gasteiger partial charge in [0.15, 0.2) is 0 Å². The number of hydrogen-bond donors (Lipinski definition) is 2. The molecule has 5 nitrogen and oxygen atoms in total. The number of carbonyl (C=O) groups is 2. The van der Waals surface area contributed by atoms with E-state index < -0.39 is 0 Å². The van der Waals surface area contributed by atoms with Gasteiger partial charge in [-0.1, -0.05) is 30.3 Å². The maximum atomic E-state index is 12.3. The Morgan fingerprint density at radius 1 is 1.00 bits per heavy atom. The molecule has 0 unspecified atom stereocenters. The predicted molar refractivity (Wildman–Crippen MR) is 111 cm³/mol. The van der Waals surface area contributed by atoms with Gasteiger partial charge in [-0.05, 0) is 35.7 Å². The molecule has 138 valence electrons. The normalized spacial score (nSPS) is 10.3. The van der Waals surface area contributed by atoms with Gasteiger partial charge in [0.1, 0.15) is 0 Å². The lowest BCUT2D eigenvalue weighted by molar-refractivity contribution is -0.116. The van der Waals surface area contributed by atoms with Crippen LogP contribution in [0.25, 0.3) is 0 Å². The third-order valence-corrected chi connectivity index (χ3v) is 4.79. The molecule has 0 aliphatic carbocycles. The van der Waals surface area contributed by atoms with E-state index in [0.717, 1.165) is 17.1 Å². The fourth-order valence-corrected chi connectivity index (χ4v) is 3.30. The summed E-state index contributed by atoms with van der Waals surface area (Å²) in [5.74, 6) is -0.303. The van der Waals surface area contributed by atoms with E-state index in [-0.39, 0.29) is 24.8 Å². The van der Waals surface area contributed by atoms with Crippen LogP contribution in [0.1, 0.15) is 16.8 Å². The van der Waals surface area contributed by atoms with Crippen LogP contribution < -0.4 is 15.5 Å². The zero-order valence-electron chi connectivity index (χ0n) is 15.0. The summed E-state index contributed by atoms with van der Waals surface area (Å²) in [5, 5.41) is 9.33. The van der Waals surface area contributed by atoms with Gasteiger partial charge in [-0.2, -0.15) is 11.3 Å². The summed E-state index contributed by atoms with van der Waals surface area (Å²) < 4.78 is 0. The standard InChI is InChI=1S/C21H21N3O2S/c1-24(17-7-3-2-4-8-17)19-10-6-5-9-18(19)23-20(25)11-13-22-21(26)16-12-14-27-15-16/h2-10,12,14-15H,11,13H2,1H3,(H,22,26)(H,23,25). The van der Waals surface area contributed by atoms with E-state index in [1.165, 1.54) is 11.3 Å². The van der Waals surface area contributed by atoms with Crippen LogP contribution in [0.3, 0.4) is 0 Å². The van der Waals surface area contributed by atoms with E-state index >= 15 is 0 Å². The highest BCUT2D eigenvalue weighted by Crippen LogP contribution is 2.30. The van der Waals surface area contributed by atoms with Crippen molar-refractivity contribution in [2.45, 2.75) is 6.42 Å². The summed E-state index contributed by atoms with van der Waals surface area (Å²) in [7, 11) is 1.96. The van der Waals surface area contributed by atoms with Crippen molar-refractivity contribution in [3.8, 4) is 0 Å². The zero-order valence-corrected chi connectivity index (χ0v) is 15.8. The summed E-state index contributed by atoms with van der Waals surface area (Å²) in [6, 6.07) is 19.4. The minimum absolute atomic E-state index is 0.144. The molecule has 1 aromatic heterocycles. The van der Waals surface area contributed by atoms with E-state index in [1.54, 1.807) is 11.4 Å². The third kappa shape index (κ3) is 4.95. The second-order valence-corrected chi connectivity index (χ2v) is 6.76. The molecule has 0 saturated carbocycles. The molecule has 0 aliphatic heterocycles. The highest BCUT2D eigenvalue weighted by molar-refractivity contribution is 7.08. The quantitative estimate of drug-likeness (QED) is 0.644. The average molecular weight is 379 g/mol. The van der Waals surface area contributed by atoms with Crippen LogP contribution in [0.5, 0.6) is 0 Å². The lowest BCUT2D eigenvalue weighted by Crippen LogP contribution is -2.27. The van der Waals surface area contributed by atoms with Crippen LogP contribution >= 0.6 is 11.3 Å². The number of hydrogen-bond acceptors (Lipinski definition) is 4. The van der Waals surface area contributed by atoms with Gasteiger partial charge in [0, 0.05) is 36.6 Å². The van der Waals surface area contributed by atoms with E-state index in [2.05, 4.69) is 10.6 Å². The van der Waals surface area contributed by atoms with Gasteiger partial charge in [-0.3, -0.25) is 9.59 Å². The molecule has 0 atom stereocenters. The minimum atomic E-state index is -0.159. The Kier molecular flexibility index (Phi) is 6.22. The van der Waals surface area contributed by atoms with Crippen molar-refractivity contribution in [3.05, 3.63) is 77.0 Å². The number of benzene rings is 2. The molecular weight excluding hydrogens is 358 g/mol. The molecule has 2 amide bonds. The summed E-state index contributed by atoms with van der Waals surface area (Å²) in [4.78, 5) is 26.2. The second kappa shape index (κ2) is 9.00. The SMILES string of the molecule is CN(c1ccccc1)c1ccccc1NC(=O)CCNC(=O)c1ccsc1. The maximum absolute atomic E-state index is 12.3. The number of nitrogens with one attached hydrogen (secondary N) is 2. The monoisotopic (exact) mass is 379 g/mol. The first-order valence-electron chi connectivity index (χ1n) is 8.63. The Bertz CT molecular complexity index is 895. The van der Waals surface area contributed by atoms with Crippen LogP contribution in [0, 0.1) is 0 Å². The molecule has 0 spiro atoms. The fourth-order valence-electron chi connectivity index (χ4n) is 2.66. The summed E-state index contributed by atoms with van der Waals surface area (Å²) in [6.45, 7) is 0.289. The fraction of sp³-hybridized carbons (Fsp3) is 0.143. The Labute approximate surface area is 162 Å². The van der Waals surface area contributed by atoms with Crippen LogP contribution in [-0.2, 0) is 4.79 Å². The number of anilines is 3. The van der Waals surface area contributed by atoms with Crippen LogP contribution in [0.15, 0.2) is 71.4 Å². The molecule has 3 rings (SSSR count). The molecule has 0 bridgehead atoms. The number of nitrogens with zero attached hydrogens (tertiary/aromatic N) is 1. The average Bonchev–Trinajstić information content (AvgIpc) is 3.23. The molecular formula is C21H21N3O2S. The lowest BCUT2D eigenvalue weighted by Gasteiger charge is -2.22. The first-order chi connectivity index (χ1) is 13.1. The molecule has 2 N–H and O–H groups in total. The minimum Gasteiger partial charge on any atom is -0.351 e. The maximum Gasteiger partial charge on any atom is 0.252 e. The van der Waals surface area contributed by atoms with Gasteiger partial charge in [-0.25, -0.2) is 0 Å². The Hall–Kier alpha value is -3.12. The molecule has 6 heteroatoms. The molecule has 1 heterocycles. The highest BCUT2D eigenvalue weighted by Gasteiger charge is 2.12. The van der Waals surface area contributed by atoms with Gasteiger partial charge in [0.05, 0.1) is 11.4 Å². The Balaban J connectivity index is 1.59. The van der Waals surface area contributed by atoms with Gasteiger partial charge in [0.25, 0.3) is 5.91 Å². The molecule has 27 heavy (non-hydrogen) atoms. The van der Waals surface area contributed by atoms with Crippen molar-refractivity contribution in [2.24, 2.45) is 0 Å². The number of amides is 2. The number of carbonyl (C=O) groups excluding carboxylic acids is 2. The van der Waals surface area contributed by atoms with E-state index in [4.69, 9.17) is 0 Å². The van der Waals surface area contributed by atoms with Crippen molar-refractivity contribution in [1.29, 1.82) is 0 Å². The van der Waals surface area contributed by atoms with Gasteiger partial charge in [-0.15, -0.1) is 0 Å². The first kappa shape index (κ1) is 18.7. The van der Waals surface area contributed by atoms with Crippen molar-refractivity contribution >= 4 is 40.2 Å². The number of thiophene rings is 1. The second-order valence-electron chi connectivity index (χ2n) is 5.98. The summed E-state index contributed by atoms with van der Waals surface area (Å²) >= 11 is 1.47. The van der Waals surface area contributed by atoms with Gasteiger partial charge in [0.2, 0.25) is 5.91 Å². The summed E-state index contributed by atoms with van der Waals surface area (Å²) in [6.07, 6.45) is 0.208. The zero-order chi connectivity index (χ0) is 19.1. The lowest BCUT2D eigenvalue weighted by atomic mass is 10.2. The first-order valence-corrected chi connectivity index (χ1v) is 9.57. The predicted octanol–water partition coefficient (Wildman–Crippen LogP) is 4.27. The van der Waals surface area contributed by atoms with Crippen molar-refractivity contribution in [1.82, 2.24) is 5.32 Å². The van der Waals surface area contributed by atoms with Crippen LogP contribution in [-0.4, -0.2) is 25.4 Å². The van der Waals surface area contributed by atoms with Gasteiger partial charge < -0.3 is 15.5 Å². The van der Waals surface area contributed by atoms with Crippen LogP contribution in [0.4, 0.5) is 17.1 Å². The number of rotatable bonds is 7. The molecule has 0 saturated heterocycles. The summed E-state index contributed by atoms with van der Waals surface area (Å²) in [5.41, 5.74) is 3.29. The van der Waals surface area contributed by atoms with E-state index in [0.29, 0.717) is 5.56 Å². The van der Waals surface area contributed by atoms with Crippen molar-refractivity contribution in [3.63, 3.8) is 0 Å². The topological polar surface area (TPSA) is 61.4 Å². The van der Waals surface area contributed by atoms with Gasteiger partial charge >= 0.3 is 0 Å². The number of para-hydroxylation sites is 3. The largest absolute Gasteiger partial charge is 0.351 e. The smallest absolute Gasteiger partial charge is 0.252 e. The molecule has 3 aromatic rings. The van der Waals surface area contributed by atoms with Crippen molar-refractivity contribution in [2.75, 3.05) is 23.8 Å².